The zero-order valence-electron chi connectivity index (χ0n) is 35.5. The van der Waals surface area contributed by atoms with E-state index < -0.39 is 0 Å². The van der Waals surface area contributed by atoms with Crippen molar-refractivity contribution in [1.29, 1.82) is 0 Å². The van der Waals surface area contributed by atoms with Gasteiger partial charge in [0.05, 0.1) is 11.0 Å². The lowest BCUT2D eigenvalue weighted by Crippen LogP contribution is -2.16. The molecule has 9 aromatic rings. The molecule has 2 aliphatic rings. The van der Waals surface area contributed by atoms with E-state index in [1.54, 1.807) is 0 Å². The van der Waals surface area contributed by atoms with Gasteiger partial charge < -0.3 is 9.47 Å². The lowest BCUT2D eigenvalue weighted by Gasteiger charge is -2.28. The Hall–Kier alpha value is -6.64. The zero-order chi connectivity index (χ0) is 41.1. The highest BCUT2D eigenvalue weighted by Crippen LogP contribution is 2.54. The van der Waals surface area contributed by atoms with Crippen molar-refractivity contribution in [3.63, 3.8) is 0 Å². The van der Waals surface area contributed by atoms with Crippen molar-refractivity contribution < 1.29 is 0 Å². The van der Waals surface area contributed by atoms with Crippen LogP contribution in [0.4, 0.5) is 17.1 Å². The molecular weight excluding hydrogens is 737 g/mol. The highest BCUT2D eigenvalue weighted by Gasteiger charge is 2.38. The van der Waals surface area contributed by atoms with Gasteiger partial charge in [-0.1, -0.05) is 149 Å². The molecule has 1 saturated carbocycles. The molecule has 0 aliphatic heterocycles. The first-order chi connectivity index (χ1) is 29.8. The van der Waals surface area contributed by atoms with Crippen molar-refractivity contribution in [3.8, 4) is 39.1 Å². The maximum atomic E-state index is 2.46. The molecule has 1 fully saturated rings. The second-order valence-electron chi connectivity index (χ2n) is 18.4. The number of anilines is 3. The van der Waals surface area contributed by atoms with E-state index in [1.165, 1.54) is 110 Å². The molecule has 2 nitrogen and oxygen atoms in total. The highest BCUT2D eigenvalue weighted by molar-refractivity contribution is 6.09. The number of para-hydroxylation sites is 2. The summed E-state index contributed by atoms with van der Waals surface area (Å²) in [4.78, 5) is 2.39. The summed E-state index contributed by atoms with van der Waals surface area (Å²) < 4.78 is 2.45. The molecule has 0 unspecified atom stereocenters. The van der Waals surface area contributed by atoms with Crippen molar-refractivity contribution in [1.82, 2.24) is 4.57 Å². The van der Waals surface area contributed by atoms with E-state index in [0.29, 0.717) is 5.41 Å². The molecule has 0 spiro atoms. The van der Waals surface area contributed by atoms with E-state index >= 15 is 0 Å². The lowest BCUT2D eigenvalue weighted by atomic mass is 9.81. The van der Waals surface area contributed by atoms with E-state index in [-0.39, 0.29) is 5.41 Å². The van der Waals surface area contributed by atoms with Gasteiger partial charge in [-0.2, -0.15) is 0 Å². The summed E-state index contributed by atoms with van der Waals surface area (Å²) in [5, 5.41) is 2.67. The Morgan fingerprint density at radius 3 is 1.90 bits per heavy atom. The topological polar surface area (TPSA) is 8.17 Å². The molecule has 0 amide bonds. The largest absolute Gasteiger partial charge is 0.310 e. The van der Waals surface area contributed by atoms with Crippen LogP contribution in [-0.2, 0) is 11.8 Å². The first-order valence-corrected chi connectivity index (χ1v) is 22.3. The second-order valence-corrected chi connectivity index (χ2v) is 18.4. The zero-order valence-corrected chi connectivity index (χ0v) is 35.5. The number of nitrogens with zero attached hydrogens (tertiary/aromatic N) is 2. The fourth-order valence-corrected chi connectivity index (χ4v) is 10.2. The van der Waals surface area contributed by atoms with Crippen LogP contribution in [-0.4, -0.2) is 4.57 Å². The van der Waals surface area contributed by atoms with Crippen LogP contribution in [0.2, 0.25) is 0 Å². The van der Waals surface area contributed by atoms with Crippen molar-refractivity contribution in [2.45, 2.75) is 64.7 Å². The first-order valence-electron chi connectivity index (χ1n) is 22.3. The van der Waals surface area contributed by atoms with Gasteiger partial charge in [-0.15, -0.1) is 0 Å². The molecule has 0 N–H and O–H groups in total. The predicted molar refractivity (Wildman–Crippen MR) is 259 cm³/mol. The third-order valence-corrected chi connectivity index (χ3v) is 14.0. The van der Waals surface area contributed by atoms with E-state index in [0.717, 1.165) is 23.5 Å². The molecule has 1 heterocycles. The van der Waals surface area contributed by atoms with Crippen molar-refractivity contribution >= 4 is 38.9 Å². The Kier molecular flexibility index (Phi) is 9.08. The standard InChI is InChI=1S/C59H52N2/c1-58(2)53-22-14-21-49(44-27-31-47(32-28-44)61-55-23-11-10-20-50(55)52-39-41(24-35-56(52)61)15-12-13-36-59(3)37-38-59)57(53)51-34-33-48(40-54(51)58)60(45-18-8-5-9-19-45)46-29-25-43(26-30-46)42-16-6-4-7-17-42/h4-11,14,16-35,39-40H,12-13,15,36-38H2,1-3H3. The third-order valence-electron chi connectivity index (χ3n) is 14.0. The van der Waals surface area contributed by atoms with Crippen molar-refractivity contribution in [3.05, 3.63) is 205 Å². The van der Waals surface area contributed by atoms with E-state index in [2.05, 4.69) is 218 Å². The number of fused-ring (bicyclic) bond motifs is 6. The Labute approximate surface area is 360 Å². The van der Waals surface area contributed by atoms with Gasteiger partial charge in [0.25, 0.3) is 0 Å². The summed E-state index contributed by atoms with van der Waals surface area (Å²) >= 11 is 0. The summed E-state index contributed by atoms with van der Waals surface area (Å²) in [5.74, 6) is 0. The SMILES string of the molecule is CC1(CCCCc2ccc3c(c2)c2ccccc2n3-c2ccc(-c3cccc4c3-c3ccc(N(c5ccccc5)c5ccc(-c6ccccc6)cc5)cc3C4(C)C)cc2)CC1. The maximum absolute atomic E-state index is 2.46. The van der Waals surface area contributed by atoms with Crippen molar-refractivity contribution in [2.75, 3.05) is 4.90 Å². The van der Waals surface area contributed by atoms with Crippen LogP contribution in [0.5, 0.6) is 0 Å². The normalized spacial score (nSPS) is 14.5. The minimum absolute atomic E-state index is 0.173. The number of hydrogen-bond acceptors (Lipinski definition) is 1. The van der Waals surface area contributed by atoms with Gasteiger partial charge in [-0.05, 0) is 154 Å². The van der Waals surface area contributed by atoms with Crippen LogP contribution in [0, 0.1) is 5.41 Å². The molecule has 2 aliphatic carbocycles. The van der Waals surface area contributed by atoms with Gasteiger partial charge in [-0.25, -0.2) is 0 Å². The molecule has 2 heteroatoms. The van der Waals surface area contributed by atoms with Gasteiger partial charge in [0, 0.05) is 38.9 Å². The Bertz CT molecular complexity index is 3040. The smallest absolute Gasteiger partial charge is 0.0541 e. The summed E-state index contributed by atoms with van der Waals surface area (Å²) in [5.41, 5.74) is 19.4. The van der Waals surface area contributed by atoms with Crippen molar-refractivity contribution in [2.24, 2.45) is 5.41 Å². The molecule has 61 heavy (non-hydrogen) atoms. The quantitative estimate of drug-likeness (QED) is 0.119. The minimum Gasteiger partial charge on any atom is -0.310 e. The summed E-state index contributed by atoms with van der Waals surface area (Å²) in [6, 6.07) is 69.7. The van der Waals surface area contributed by atoms with Gasteiger partial charge in [0.1, 0.15) is 0 Å². The summed E-state index contributed by atoms with van der Waals surface area (Å²) in [6.07, 6.45) is 7.96. The molecule has 0 bridgehead atoms. The monoisotopic (exact) mass is 788 g/mol. The van der Waals surface area contributed by atoms with Crippen LogP contribution in [0.15, 0.2) is 188 Å². The van der Waals surface area contributed by atoms with E-state index in [4.69, 9.17) is 0 Å². The molecular formula is C59H52N2. The number of aryl methyl sites for hydroxylation is 1. The molecule has 0 radical (unpaired) electrons. The lowest BCUT2D eigenvalue weighted by molar-refractivity contribution is 0.482. The predicted octanol–water partition coefficient (Wildman–Crippen LogP) is 16.4. The van der Waals surface area contributed by atoms with Crippen LogP contribution >= 0.6 is 0 Å². The van der Waals surface area contributed by atoms with Gasteiger partial charge in [0.2, 0.25) is 0 Å². The number of aromatic nitrogens is 1. The molecule has 8 aromatic carbocycles. The third kappa shape index (κ3) is 6.66. The fraction of sp³-hybridized carbons (Fsp3) is 0.186. The summed E-state index contributed by atoms with van der Waals surface area (Å²) in [6.45, 7) is 7.23. The minimum atomic E-state index is -0.173. The first kappa shape index (κ1) is 37.4. The van der Waals surface area contributed by atoms with Crippen LogP contribution < -0.4 is 4.90 Å². The van der Waals surface area contributed by atoms with Crippen LogP contribution in [0.3, 0.4) is 0 Å². The van der Waals surface area contributed by atoms with Gasteiger partial charge in [-0.3, -0.25) is 0 Å². The number of hydrogen-bond donors (Lipinski definition) is 0. The Balaban J connectivity index is 0.932. The average Bonchev–Trinajstić information content (AvgIpc) is 3.89. The van der Waals surface area contributed by atoms with E-state index in [1.807, 2.05) is 0 Å². The molecule has 0 saturated heterocycles. The number of unbranched alkanes of at least 4 members (excludes halogenated alkanes) is 1. The van der Waals surface area contributed by atoms with Crippen LogP contribution in [0.25, 0.3) is 60.9 Å². The van der Waals surface area contributed by atoms with Gasteiger partial charge >= 0.3 is 0 Å². The maximum Gasteiger partial charge on any atom is 0.0541 e. The molecule has 0 atom stereocenters. The van der Waals surface area contributed by atoms with Gasteiger partial charge in [0.15, 0.2) is 0 Å². The average molecular weight is 789 g/mol. The molecule has 11 rings (SSSR count). The molecule has 298 valence electrons. The second kappa shape index (κ2) is 14.8. The Morgan fingerprint density at radius 2 is 1.13 bits per heavy atom. The number of benzene rings is 8. The Morgan fingerprint density at radius 1 is 0.475 bits per heavy atom. The molecule has 1 aromatic heterocycles. The van der Waals surface area contributed by atoms with Crippen LogP contribution in [0.1, 0.15) is 69.6 Å². The van der Waals surface area contributed by atoms with E-state index in [9.17, 15) is 0 Å². The highest BCUT2D eigenvalue weighted by atomic mass is 15.1. The number of rotatable bonds is 11. The summed E-state index contributed by atoms with van der Waals surface area (Å²) in [7, 11) is 0. The fourth-order valence-electron chi connectivity index (χ4n) is 10.2.